The third-order valence-corrected chi connectivity index (χ3v) is 5.59. The Balaban J connectivity index is 1.53. The van der Waals surface area contributed by atoms with Gasteiger partial charge in [0.1, 0.15) is 0 Å². The normalized spacial score (nSPS) is 10.8. The van der Waals surface area contributed by atoms with E-state index in [2.05, 4.69) is 15.5 Å². The minimum absolute atomic E-state index is 0.0299. The van der Waals surface area contributed by atoms with Crippen LogP contribution < -0.4 is 5.32 Å². The lowest BCUT2D eigenvalue weighted by molar-refractivity contribution is -0.118. The third kappa shape index (κ3) is 5.50. The molecule has 0 spiro atoms. The molecule has 0 bridgehead atoms. The molecular weight excluding hydrogens is 415 g/mol. The van der Waals surface area contributed by atoms with Crippen molar-refractivity contribution in [3.63, 3.8) is 0 Å². The highest BCUT2D eigenvalue weighted by atomic mass is 35.5. The quantitative estimate of drug-likeness (QED) is 0.520. The second kappa shape index (κ2) is 9.96. The van der Waals surface area contributed by atoms with Gasteiger partial charge in [0, 0.05) is 28.7 Å². The Kier molecular flexibility index (Phi) is 7.36. The fourth-order valence-electron chi connectivity index (χ4n) is 2.67. The molecule has 1 aromatic heterocycles. The summed E-state index contributed by atoms with van der Waals surface area (Å²) in [5, 5.41) is 13.6. The summed E-state index contributed by atoms with van der Waals surface area (Å²) >= 11 is 13.2. The van der Waals surface area contributed by atoms with Gasteiger partial charge in [-0.3, -0.25) is 4.79 Å². The molecule has 1 amide bonds. The van der Waals surface area contributed by atoms with Crippen LogP contribution in [0.3, 0.4) is 0 Å². The van der Waals surface area contributed by atoms with Gasteiger partial charge in [0.25, 0.3) is 0 Å². The van der Waals surface area contributed by atoms with Gasteiger partial charge in [0.15, 0.2) is 11.0 Å². The van der Waals surface area contributed by atoms with E-state index in [0.717, 1.165) is 28.5 Å². The first kappa shape index (κ1) is 20.7. The molecule has 0 fully saturated rings. The van der Waals surface area contributed by atoms with Crippen LogP contribution in [-0.2, 0) is 17.8 Å². The first-order chi connectivity index (χ1) is 13.6. The van der Waals surface area contributed by atoms with Gasteiger partial charge in [-0.2, -0.15) is 0 Å². The van der Waals surface area contributed by atoms with Crippen LogP contribution in [0.15, 0.2) is 53.7 Å². The number of aromatic nitrogens is 3. The van der Waals surface area contributed by atoms with Gasteiger partial charge < -0.3 is 9.88 Å². The minimum atomic E-state index is -0.0299. The van der Waals surface area contributed by atoms with Crippen LogP contribution in [0.5, 0.6) is 0 Å². The summed E-state index contributed by atoms with van der Waals surface area (Å²) in [5.74, 6) is 1.03. The number of hydrogen-bond donors (Lipinski definition) is 1. The molecule has 0 aliphatic carbocycles. The monoisotopic (exact) mass is 434 g/mol. The smallest absolute Gasteiger partial charge is 0.230 e. The molecule has 146 valence electrons. The molecule has 0 unspecified atom stereocenters. The molecule has 0 saturated carbocycles. The molecule has 1 heterocycles. The molecule has 8 heteroatoms. The van der Waals surface area contributed by atoms with Gasteiger partial charge in [0.2, 0.25) is 5.91 Å². The first-order valence-electron chi connectivity index (χ1n) is 8.90. The predicted molar refractivity (Wildman–Crippen MR) is 115 cm³/mol. The van der Waals surface area contributed by atoms with Gasteiger partial charge in [-0.05, 0) is 55.3 Å². The molecule has 0 aliphatic heterocycles. The Hall–Kier alpha value is -2.02. The van der Waals surface area contributed by atoms with Crippen LogP contribution in [-0.4, -0.2) is 33.0 Å². The molecule has 3 aromatic rings. The number of nitrogens with zero attached hydrogens (tertiary/aromatic N) is 3. The summed E-state index contributed by atoms with van der Waals surface area (Å²) in [6, 6.07) is 15.1. The van der Waals surface area contributed by atoms with Crippen molar-refractivity contribution in [2.24, 2.45) is 0 Å². The van der Waals surface area contributed by atoms with Gasteiger partial charge in [-0.1, -0.05) is 47.1 Å². The highest BCUT2D eigenvalue weighted by Gasteiger charge is 2.14. The average molecular weight is 435 g/mol. The van der Waals surface area contributed by atoms with E-state index < -0.39 is 0 Å². The van der Waals surface area contributed by atoms with E-state index in [1.165, 1.54) is 11.8 Å². The average Bonchev–Trinajstić information content (AvgIpc) is 3.11. The second-order valence-corrected chi connectivity index (χ2v) is 7.89. The molecule has 0 radical (unpaired) electrons. The van der Waals surface area contributed by atoms with Crippen molar-refractivity contribution in [3.8, 4) is 11.4 Å². The van der Waals surface area contributed by atoms with E-state index in [4.69, 9.17) is 23.2 Å². The summed E-state index contributed by atoms with van der Waals surface area (Å²) in [5.41, 5.74) is 2.08. The van der Waals surface area contributed by atoms with Crippen molar-refractivity contribution in [3.05, 3.63) is 64.1 Å². The maximum Gasteiger partial charge on any atom is 0.230 e. The number of rotatable bonds is 8. The zero-order valence-electron chi connectivity index (χ0n) is 15.4. The summed E-state index contributed by atoms with van der Waals surface area (Å²) in [6.45, 7) is 3.32. The lowest BCUT2D eigenvalue weighted by atomic mass is 10.1. The van der Waals surface area contributed by atoms with Crippen molar-refractivity contribution in [2.75, 3.05) is 12.3 Å². The van der Waals surface area contributed by atoms with E-state index in [1.807, 2.05) is 60.0 Å². The zero-order valence-corrected chi connectivity index (χ0v) is 17.7. The van der Waals surface area contributed by atoms with E-state index >= 15 is 0 Å². The van der Waals surface area contributed by atoms with Crippen molar-refractivity contribution in [2.45, 2.75) is 25.0 Å². The minimum Gasteiger partial charge on any atom is -0.355 e. The Morgan fingerprint density at radius 3 is 2.32 bits per heavy atom. The van der Waals surface area contributed by atoms with Gasteiger partial charge in [-0.25, -0.2) is 0 Å². The second-order valence-electron chi connectivity index (χ2n) is 6.07. The van der Waals surface area contributed by atoms with Gasteiger partial charge in [0.05, 0.1) is 5.75 Å². The van der Waals surface area contributed by atoms with Crippen molar-refractivity contribution < 1.29 is 4.79 Å². The number of nitrogens with one attached hydrogen (secondary N) is 1. The lowest BCUT2D eigenvalue weighted by Gasteiger charge is -2.08. The first-order valence-corrected chi connectivity index (χ1v) is 10.6. The number of benzene rings is 2. The largest absolute Gasteiger partial charge is 0.355 e. The molecule has 28 heavy (non-hydrogen) atoms. The molecule has 0 saturated heterocycles. The maximum absolute atomic E-state index is 12.1. The molecule has 1 N–H and O–H groups in total. The Morgan fingerprint density at radius 2 is 1.68 bits per heavy atom. The van der Waals surface area contributed by atoms with E-state index in [0.29, 0.717) is 28.9 Å². The number of carbonyl (C=O) groups excluding carboxylic acids is 1. The molecule has 3 rings (SSSR count). The molecule has 0 atom stereocenters. The Labute approximate surface area is 178 Å². The number of amides is 1. The van der Waals surface area contributed by atoms with Gasteiger partial charge >= 0.3 is 0 Å². The van der Waals surface area contributed by atoms with Crippen LogP contribution in [0, 0.1) is 0 Å². The summed E-state index contributed by atoms with van der Waals surface area (Å²) < 4.78 is 1.99. The van der Waals surface area contributed by atoms with E-state index in [-0.39, 0.29) is 5.91 Å². The number of halogens is 2. The Bertz CT molecular complexity index is 926. The highest BCUT2D eigenvalue weighted by molar-refractivity contribution is 7.99. The van der Waals surface area contributed by atoms with Crippen LogP contribution in [0.2, 0.25) is 10.0 Å². The number of carbonyl (C=O) groups is 1. The van der Waals surface area contributed by atoms with Crippen LogP contribution in [0.25, 0.3) is 11.4 Å². The summed E-state index contributed by atoms with van der Waals surface area (Å²) in [4.78, 5) is 12.1. The lowest BCUT2D eigenvalue weighted by Crippen LogP contribution is -2.27. The SMILES string of the molecule is CCn1c(SCC(=O)NCCc2ccc(Cl)cc2)nnc1-c1ccc(Cl)cc1. The maximum atomic E-state index is 12.1. The molecule has 0 aliphatic rings. The van der Waals surface area contributed by atoms with Crippen LogP contribution >= 0.6 is 35.0 Å². The fraction of sp³-hybridized carbons (Fsp3) is 0.250. The number of thioether (sulfide) groups is 1. The van der Waals surface area contributed by atoms with Crippen molar-refractivity contribution in [1.29, 1.82) is 0 Å². The van der Waals surface area contributed by atoms with Crippen molar-refractivity contribution >= 4 is 40.9 Å². The van der Waals surface area contributed by atoms with E-state index in [1.54, 1.807) is 0 Å². The summed E-state index contributed by atoms with van der Waals surface area (Å²) in [7, 11) is 0. The van der Waals surface area contributed by atoms with Crippen LogP contribution in [0.4, 0.5) is 0 Å². The van der Waals surface area contributed by atoms with E-state index in [9.17, 15) is 4.79 Å². The summed E-state index contributed by atoms with van der Waals surface area (Å²) in [6.07, 6.45) is 0.763. The molecular formula is C20H20Cl2N4OS. The fourth-order valence-corrected chi connectivity index (χ4v) is 3.76. The van der Waals surface area contributed by atoms with Crippen LogP contribution in [0.1, 0.15) is 12.5 Å². The Morgan fingerprint density at radius 1 is 1.04 bits per heavy atom. The zero-order chi connectivity index (χ0) is 19.9. The molecule has 2 aromatic carbocycles. The standard InChI is InChI=1S/C20H20Cl2N4OS/c1-2-26-19(15-5-9-17(22)10-6-15)24-25-20(26)28-13-18(27)23-12-11-14-3-7-16(21)8-4-14/h3-10H,2,11-13H2,1H3,(H,23,27). The predicted octanol–water partition coefficient (Wildman–Crippen LogP) is 4.72. The molecule has 5 nitrogen and oxygen atoms in total. The highest BCUT2D eigenvalue weighted by Crippen LogP contribution is 2.25. The third-order valence-electron chi connectivity index (χ3n) is 4.12. The van der Waals surface area contributed by atoms with Crippen molar-refractivity contribution in [1.82, 2.24) is 20.1 Å². The number of hydrogen-bond acceptors (Lipinski definition) is 4. The van der Waals surface area contributed by atoms with Gasteiger partial charge in [-0.15, -0.1) is 10.2 Å². The topological polar surface area (TPSA) is 59.8 Å².